The Morgan fingerprint density at radius 3 is 2.85 bits per heavy atom. The SMILES string of the molecule is O=C1COc2ccc(N3CCNCC3)cc2N1CCO. The van der Waals surface area contributed by atoms with E-state index >= 15 is 0 Å². The Labute approximate surface area is 117 Å². The zero-order valence-corrected chi connectivity index (χ0v) is 11.3. The smallest absolute Gasteiger partial charge is 0.265 e. The molecule has 6 nitrogen and oxygen atoms in total. The molecule has 2 N–H and O–H groups in total. The highest BCUT2D eigenvalue weighted by Gasteiger charge is 2.26. The summed E-state index contributed by atoms with van der Waals surface area (Å²) in [6.07, 6.45) is 0. The van der Waals surface area contributed by atoms with Gasteiger partial charge in [-0.05, 0) is 18.2 Å². The third-order valence-electron chi connectivity index (χ3n) is 3.69. The number of piperazine rings is 1. The lowest BCUT2D eigenvalue weighted by Crippen LogP contribution is -2.44. The molecule has 0 spiro atoms. The van der Waals surface area contributed by atoms with Crippen molar-refractivity contribution in [3.63, 3.8) is 0 Å². The highest BCUT2D eigenvalue weighted by molar-refractivity contribution is 5.98. The van der Waals surface area contributed by atoms with Crippen LogP contribution in [0.1, 0.15) is 0 Å². The molecular formula is C14H19N3O3. The van der Waals surface area contributed by atoms with Crippen molar-refractivity contribution in [2.24, 2.45) is 0 Å². The standard InChI is InChI=1S/C14H19N3O3/c18-8-7-17-12-9-11(16-5-3-15-4-6-16)1-2-13(12)20-10-14(17)19/h1-2,9,15,18H,3-8,10H2. The molecule has 1 aromatic rings. The summed E-state index contributed by atoms with van der Waals surface area (Å²) in [6.45, 7) is 4.13. The lowest BCUT2D eigenvalue weighted by Gasteiger charge is -2.33. The molecule has 2 aliphatic heterocycles. The molecule has 1 amide bonds. The van der Waals surface area contributed by atoms with Gasteiger partial charge in [0.05, 0.1) is 12.3 Å². The number of anilines is 2. The quantitative estimate of drug-likeness (QED) is 0.802. The lowest BCUT2D eigenvalue weighted by molar-refractivity contribution is -0.121. The van der Waals surface area contributed by atoms with Crippen molar-refractivity contribution in [1.82, 2.24) is 5.32 Å². The second kappa shape index (κ2) is 5.68. The maximum atomic E-state index is 11.9. The first-order valence-corrected chi connectivity index (χ1v) is 6.93. The zero-order valence-electron chi connectivity index (χ0n) is 11.3. The van der Waals surface area contributed by atoms with Gasteiger partial charge in [-0.25, -0.2) is 0 Å². The van der Waals surface area contributed by atoms with Crippen molar-refractivity contribution >= 4 is 17.3 Å². The molecular weight excluding hydrogens is 258 g/mol. The molecule has 2 heterocycles. The number of nitrogens with zero attached hydrogens (tertiary/aromatic N) is 2. The number of aliphatic hydroxyl groups is 1. The fraction of sp³-hybridized carbons (Fsp3) is 0.500. The second-order valence-electron chi connectivity index (χ2n) is 4.95. The van der Waals surface area contributed by atoms with Crippen molar-refractivity contribution in [1.29, 1.82) is 0 Å². The van der Waals surface area contributed by atoms with E-state index in [-0.39, 0.29) is 19.1 Å². The molecule has 3 rings (SSSR count). The molecule has 6 heteroatoms. The van der Waals surface area contributed by atoms with Crippen molar-refractivity contribution in [3.8, 4) is 5.75 Å². The van der Waals surface area contributed by atoms with E-state index < -0.39 is 0 Å². The highest BCUT2D eigenvalue weighted by Crippen LogP contribution is 2.35. The van der Waals surface area contributed by atoms with Gasteiger partial charge in [0.15, 0.2) is 6.61 Å². The number of β-amino-alcohol motifs (C(OH)–C–C–N with tert-alkyl or cyclic N) is 1. The number of fused-ring (bicyclic) bond motifs is 1. The van der Waals surface area contributed by atoms with Crippen LogP contribution < -0.4 is 19.9 Å². The highest BCUT2D eigenvalue weighted by atomic mass is 16.5. The average Bonchev–Trinajstić information content (AvgIpc) is 2.51. The molecule has 1 saturated heterocycles. The van der Waals surface area contributed by atoms with Crippen molar-refractivity contribution in [2.45, 2.75) is 0 Å². The van der Waals surface area contributed by atoms with Crippen LogP contribution in [-0.2, 0) is 4.79 Å². The van der Waals surface area contributed by atoms with Gasteiger partial charge in [0.2, 0.25) is 0 Å². The molecule has 1 aromatic carbocycles. The predicted molar refractivity (Wildman–Crippen MR) is 76.5 cm³/mol. The second-order valence-corrected chi connectivity index (χ2v) is 4.95. The van der Waals surface area contributed by atoms with E-state index in [0.717, 1.165) is 37.6 Å². The summed E-state index contributed by atoms with van der Waals surface area (Å²) in [6, 6.07) is 5.91. The monoisotopic (exact) mass is 277 g/mol. The summed E-state index contributed by atoms with van der Waals surface area (Å²) in [4.78, 5) is 15.8. The lowest BCUT2D eigenvalue weighted by atomic mass is 10.2. The molecule has 0 radical (unpaired) electrons. The minimum Gasteiger partial charge on any atom is -0.482 e. The average molecular weight is 277 g/mol. The maximum absolute atomic E-state index is 11.9. The van der Waals surface area contributed by atoms with Crippen LogP contribution in [0.25, 0.3) is 0 Å². The summed E-state index contributed by atoms with van der Waals surface area (Å²) in [5, 5.41) is 12.4. The summed E-state index contributed by atoms with van der Waals surface area (Å²) in [5.41, 5.74) is 1.85. The van der Waals surface area contributed by atoms with Crippen LogP contribution in [0.15, 0.2) is 18.2 Å². The maximum Gasteiger partial charge on any atom is 0.265 e. The molecule has 20 heavy (non-hydrogen) atoms. The van der Waals surface area contributed by atoms with E-state index in [9.17, 15) is 4.79 Å². The minimum atomic E-state index is -0.107. The van der Waals surface area contributed by atoms with E-state index in [1.54, 1.807) is 4.90 Å². The largest absolute Gasteiger partial charge is 0.482 e. The van der Waals surface area contributed by atoms with Gasteiger partial charge in [-0.2, -0.15) is 0 Å². The number of carbonyl (C=O) groups excluding carboxylic acids is 1. The number of benzene rings is 1. The Morgan fingerprint density at radius 1 is 1.30 bits per heavy atom. The fourth-order valence-corrected chi connectivity index (χ4v) is 2.66. The van der Waals surface area contributed by atoms with Crippen molar-refractivity contribution < 1.29 is 14.6 Å². The van der Waals surface area contributed by atoms with Gasteiger partial charge < -0.3 is 25.0 Å². The Balaban J connectivity index is 1.90. The molecule has 0 aliphatic carbocycles. The Hall–Kier alpha value is -1.79. The van der Waals surface area contributed by atoms with Crippen LogP contribution in [0.3, 0.4) is 0 Å². The molecule has 0 saturated carbocycles. The van der Waals surface area contributed by atoms with Gasteiger partial charge >= 0.3 is 0 Å². The van der Waals surface area contributed by atoms with E-state index in [0.29, 0.717) is 12.3 Å². The van der Waals surface area contributed by atoms with E-state index in [1.807, 2.05) is 18.2 Å². The summed E-state index contributed by atoms with van der Waals surface area (Å²) < 4.78 is 5.45. The third kappa shape index (κ3) is 2.44. The first kappa shape index (κ1) is 13.2. The van der Waals surface area contributed by atoms with Crippen LogP contribution in [0.5, 0.6) is 5.75 Å². The van der Waals surface area contributed by atoms with Gasteiger partial charge in [-0.1, -0.05) is 0 Å². The van der Waals surface area contributed by atoms with Crippen molar-refractivity contribution in [3.05, 3.63) is 18.2 Å². The number of amides is 1. The van der Waals surface area contributed by atoms with E-state index in [4.69, 9.17) is 9.84 Å². The number of hydrogen-bond acceptors (Lipinski definition) is 5. The number of aliphatic hydroxyl groups excluding tert-OH is 1. The summed E-state index contributed by atoms with van der Waals surface area (Å²) in [7, 11) is 0. The number of carbonyl (C=O) groups is 1. The molecule has 1 fully saturated rings. The predicted octanol–water partition coefficient (Wildman–Crippen LogP) is -0.186. The number of ether oxygens (including phenoxy) is 1. The molecule has 2 aliphatic rings. The fourth-order valence-electron chi connectivity index (χ4n) is 2.66. The minimum absolute atomic E-state index is 0.0416. The van der Waals surface area contributed by atoms with E-state index in [2.05, 4.69) is 10.2 Å². The summed E-state index contributed by atoms with van der Waals surface area (Å²) >= 11 is 0. The van der Waals surface area contributed by atoms with Gasteiger partial charge in [0.1, 0.15) is 5.75 Å². The molecule has 0 unspecified atom stereocenters. The topological polar surface area (TPSA) is 65.0 Å². The number of hydrogen-bond donors (Lipinski definition) is 2. The van der Waals surface area contributed by atoms with Crippen LogP contribution in [0.2, 0.25) is 0 Å². The van der Waals surface area contributed by atoms with Gasteiger partial charge in [0.25, 0.3) is 5.91 Å². The van der Waals surface area contributed by atoms with Crippen LogP contribution >= 0.6 is 0 Å². The molecule has 108 valence electrons. The van der Waals surface area contributed by atoms with Gasteiger partial charge in [-0.15, -0.1) is 0 Å². The van der Waals surface area contributed by atoms with Gasteiger partial charge in [-0.3, -0.25) is 4.79 Å². The van der Waals surface area contributed by atoms with Crippen LogP contribution in [0.4, 0.5) is 11.4 Å². The molecule has 0 atom stereocenters. The van der Waals surface area contributed by atoms with Gasteiger partial charge in [0, 0.05) is 38.4 Å². The Bertz CT molecular complexity index is 500. The normalized spacial score (nSPS) is 18.8. The summed E-state index contributed by atoms with van der Waals surface area (Å²) in [5.74, 6) is 0.598. The van der Waals surface area contributed by atoms with Crippen molar-refractivity contribution in [2.75, 3.05) is 55.7 Å². The van der Waals surface area contributed by atoms with Crippen LogP contribution in [0, 0.1) is 0 Å². The first-order valence-electron chi connectivity index (χ1n) is 6.93. The molecule has 0 aromatic heterocycles. The first-order chi connectivity index (χ1) is 9.79. The number of nitrogens with one attached hydrogen (secondary N) is 1. The molecule has 0 bridgehead atoms. The van der Waals surface area contributed by atoms with Crippen LogP contribution in [-0.4, -0.2) is 57.0 Å². The Kier molecular flexibility index (Phi) is 3.75. The zero-order chi connectivity index (χ0) is 13.9. The third-order valence-corrected chi connectivity index (χ3v) is 3.69. The van der Waals surface area contributed by atoms with E-state index in [1.165, 1.54) is 0 Å². The Morgan fingerprint density at radius 2 is 2.10 bits per heavy atom. The number of rotatable bonds is 3.